The summed E-state index contributed by atoms with van der Waals surface area (Å²) in [6.45, 7) is 0.556. The van der Waals surface area contributed by atoms with Gasteiger partial charge in [-0.2, -0.15) is 0 Å². The summed E-state index contributed by atoms with van der Waals surface area (Å²) >= 11 is 11.2. The van der Waals surface area contributed by atoms with E-state index in [0.29, 0.717) is 6.54 Å². The Morgan fingerprint density at radius 3 is 2.65 bits per heavy atom. The van der Waals surface area contributed by atoms with Gasteiger partial charge >= 0.3 is 0 Å². The largest absolute Gasteiger partial charge is 0.326 e. The van der Waals surface area contributed by atoms with E-state index in [-0.39, 0.29) is 0 Å². The first kappa shape index (κ1) is 13.0. The predicted octanol–water partition coefficient (Wildman–Crippen LogP) is 4.71. The van der Waals surface area contributed by atoms with Crippen LogP contribution in [0.25, 0.3) is 0 Å². The topological polar surface area (TPSA) is 26.0 Å². The van der Waals surface area contributed by atoms with Gasteiger partial charge in [-0.1, -0.05) is 35.5 Å². The van der Waals surface area contributed by atoms with Crippen molar-refractivity contribution in [3.05, 3.63) is 57.5 Å². The SMILES string of the molecule is NCc1ccc(Sc2cccc(Cl)c2)c(Br)c1. The fraction of sp³-hybridized carbons (Fsp3) is 0.0769. The van der Waals surface area contributed by atoms with E-state index in [4.69, 9.17) is 17.3 Å². The highest BCUT2D eigenvalue weighted by atomic mass is 79.9. The summed E-state index contributed by atoms with van der Waals surface area (Å²) in [6, 6.07) is 14.0. The van der Waals surface area contributed by atoms with E-state index in [1.807, 2.05) is 36.4 Å². The van der Waals surface area contributed by atoms with Crippen LogP contribution < -0.4 is 5.73 Å². The van der Waals surface area contributed by atoms with Crippen LogP contribution in [0.5, 0.6) is 0 Å². The third kappa shape index (κ3) is 3.49. The highest BCUT2D eigenvalue weighted by Gasteiger charge is 2.03. The van der Waals surface area contributed by atoms with Crippen molar-refractivity contribution in [1.29, 1.82) is 0 Å². The van der Waals surface area contributed by atoms with Gasteiger partial charge in [0, 0.05) is 25.8 Å². The van der Waals surface area contributed by atoms with Crippen LogP contribution in [-0.2, 0) is 6.54 Å². The molecule has 2 rings (SSSR count). The molecule has 1 nitrogen and oxygen atoms in total. The van der Waals surface area contributed by atoms with Crippen LogP contribution in [0.3, 0.4) is 0 Å². The zero-order valence-corrected chi connectivity index (χ0v) is 12.1. The van der Waals surface area contributed by atoms with Crippen LogP contribution in [-0.4, -0.2) is 0 Å². The second kappa shape index (κ2) is 5.91. The molecule has 0 unspecified atom stereocenters. The van der Waals surface area contributed by atoms with Crippen LogP contribution in [0.2, 0.25) is 5.02 Å². The molecule has 0 spiro atoms. The molecule has 0 atom stereocenters. The number of hydrogen-bond acceptors (Lipinski definition) is 2. The summed E-state index contributed by atoms with van der Waals surface area (Å²) in [7, 11) is 0. The average Bonchev–Trinajstić information content (AvgIpc) is 2.32. The van der Waals surface area contributed by atoms with Crippen molar-refractivity contribution in [3.63, 3.8) is 0 Å². The molecule has 2 aromatic carbocycles. The summed E-state index contributed by atoms with van der Waals surface area (Å²) in [4.78, 5) is 2.28. The van der Waals surface area contributed by atoms with Crippen molar-refractivity contribution in [3.8, 4) is 0 Å². The minimum atomic E-state index is 0.556. The Morgan fingerprint density at radius 2 is 2.00 bits per heavy atom. The Morgan fingerprint density at radius 1 is 1.18 bits per heavy atom. The van der Waals surface area contributed by atoms with E-state index in [1.165, 1.54) is 0 Å². The molecule has 0 aliphatic heterocycles. The van der Waals surface area contributed by atoms with Gasteiger partial charge in [0.1, 0.15) is 0 Å². The molecule has 88 valence electrons. The Balaban J connectivity index is 2.24. The van der Waals surface area contributed by atoms with Gasteiger partial charge in [-0.15, -0.1) is 0 Å². The summed E-state index contributed by atoms with van der Waals surface area (Å²) in [5.74, 6) is 0. The minimum Gasteiger partial charge on any atom is -0.326 e. The zero-order valence-electron chi connectivity index (χ0n) is 8.99. The smallest absolute Gasteiger partial charge is 0.0417 e. The van der Waals surface area contributed by atoms with Gasteiger partial charge in [0.05, 0.1) is 0 Å². The van der Waals surface area contributed by atoms with Gasteiger partial charge in [-0.25, -0.2) is 0 Å². The average molecular weight is 329 g/mol. The lowest BCUT2D eigenvalue weighted by Crippen LogP contribution is -1.95. The zero-order chi connectivity index (χ0) is 12.3. The lowest BCUT2D eigenvalue weighted by Gasteiger charge is -2.06. The Labute approximate surface area is 118 Å². The molecule has 0 heterocycles. The van der Waals surface area contributed by atoms with Crippen LogP contribution in [0, 0.1) is 0 Å². The number of halogens is 2. The van der Waals surface area contributed by atoms with Gasteiger partial charge in [-0.3, -0.25) is 0 Å². The monoisotopic (exact) mass is 327 g/mol. The first-order chi connectivity index (χ1) is 8.19. The van der Waals surface area contributed by atoms with Gasteiger partial charge in [-0.05, 0) is 51.8 Å². The molecule has 0 saturated heterocycles. The number of rotatable bonds is 3. The summed E-state index contributed by atoms with van der Waals surface area (Å²) < 4.78 is 1.06. The summed E-state index contributed by atoms with van der Waals surface area (Å²) in [6.07, 6.45) is 0. The van der Waals surface area contributed by atoms with E-state index < -0.39 is 0 Å². The number of benzene rings is 2. The van der Waals surface area contributed by atoms with Gasteiger partial charge in [0.15, 0.2) is 0 Å². The lowest BCUT2D eigenvalue weighted by atomic mass is 10.2. The molecule has 0 aliphatic rings. The second-order valence-corrected chi connectivity index (χ2v) is 5.93. The molecule has 17 heavy (non-hydrogen) atoms. The van der Waals surface area contributed by atoms with Crippen LogP contribution in [0.4, 0.5) is 0 Å². The van der Waals surface area contributed by atoms with Gasteiger partial charge in [0.25, 0.3) is 0 Å². The first-order valence-electron chi connectivity index (χ1n) is 5.11. The van der Waals surface area contributed by atoms with Crippen molar-refractivity contribution < 1.29 is 0 Å². The molecule has 2 N–H and O–H groups in total. The third-order valence-electron chi connectivity index (χ3n) is 2.26. The van der Waals surface area contributed by atoms with Gasteiger partial charge < -0.3 is 5.73 Å². The third-order valence-corrected chi connectivity index (χ3v) is 4.48. The molecule has 0 amide bonds. The molecule has 0 aliphatic carbocycles. The summed E-state index contributed by atoms with van der Waals surface area (Å²) in [5.41, 5.74) is 6.71. The number of hydrogen-bond donors (Lipinski definition) is 1. The minimum absolute atomic E-state index is 0.556. The lowest BCUT2D eigenvalue weighted by molar-refractivity contribution is 1.06. The molecule has 0 bridgehead atoms. The van der Waals surface area contributed by atoms with Crippen molar-refractivity contribution >= 4 is 39.3 Å². The highest BCUT2D eigenvalue weighted by molar-refractivity contribution is 9.10. The summed E-state index contributed by atoms with van der Waals surface area (Å²) in [5, 5.41) is 0.754. The molecular formula is C13H11BrClNS. The molecule has 0 saturated carbocycles. The molecule has 0 aromatic heterocycles. The molecular weight excluding hydrogens is 318 g/mol. The van der Waals surface area contributed by atoms with E-state index >= 15 is 0 Å². The van der Waals surface area contributed by atoms with E-state index in [9.17, 15) is 0 Å². The van der Waals surface area contributed by atoms with Crippen molar-refractivity contribution in [2.75, 3.05) is 0 Å². The Kier molecular flexibility index (Phi) is 4.51. The van der Waals surface area contributed by atoms with E-state index in [2.05, 4.69) is 22.0 Å². The van der Waals surface area contributed by atoms with E-state index in [0.717, 1.165) is 24.8 Å². The Bertz CT molecular complexity index is 531. The van der Waals surface area contributed by atoms with Crippen LogP contribution in [0.15, 0.2) is 56.7 Å². The molecule has 4 heteroatoms. The maximum Gasteiger partial charge on any atom is 0.0417 e. The normalized spacial score (nSPS) is 10.5. The maximum absolute atomic E-state index is 5.96. The highest BCUT2D eigenvalue weighted by Crippen LogP contribution is 2.34. The number of nitrogens with two attached hydrogens (primary N) is 1. The van der Waals surface area contributed by atoms with Crippen LogP contribution in [0.1, 0.15) is 5.56 Å². The predicted molar refractivity (Wildman–Crippen MR) is 77.6 cm³/mol. The molecule has 0 radical (unpaired) electrons. The fourth-order valence-corrected chi connectivity index (χ4v) is 3.21. The maximum atomic E-state index is 5.96. The van der Waals surface area contributed by atoms with Crippen LogP contribution >= 0.6 is 39.3 Å². The second-order valence-electron chi connectivity index (χ2n) is 3.53. The Hall–Kier alpha value is -0.480. The standard InChI is InChI=1S/C13H11BrClNS/c14-12-6-9(8-16)4-5-13(12)17-11-3-1-2-10(15)7-11/h1-7H,8,16H2. The van der Waals surface area contributed by atoms with Crippen molar-refractivity contribution in [2.45, 2.75) is 16.3 Å². The van der Waals surface area contributed by atoms with Crippen molar-refractivity contribution in [2.24, 2.45) is 5.73 Å². The molecule has 0 fully saturated rings. The first-order valence-corrected chi connectivity index (χ1v) is 7.09. The van der Waals surface area contributed by atoms with E-state index in [1.54, 1.807) is 11.8 Å². The molecule has 2 aromatic rings. The van der Waals surface area contributed by atoms with Crippen molar-refractivity contribution in [1.82, 2.24) is 0 Å². The quantitative estimate of drug-likeness (QED) is 0.883. The fourth-order valence-electron chi connectivity index (χ4n) is 1.41. The van der Waals surface area contributed by atoms with Gasteiger partial charge in [0.2, 0.25) is 0 Å².